The molecule has 0 aliphatic rings. The van der Waals surface area contributed by atoms with Crippen LogP contribution in [-0.2, 0) is 0 Å². The molecule has 1 radical (unpaired) electrons. The lowest BCUT2D eigenvalue weighted by molar-refractivity contribution is 1.02. The largest absolute Gasteiger partial charge is 0.193 e. The van der Waals surface area contributed by atoms with Crippen molar-refractivity contribution in [2.75, 3.05) is 0 Å². The third-order valence-electron chi connectivity index (χ3n) is 4.69. The second-order valence-corrected chi connectivity index (χ2v) is 12.7. The Morgan fingerprint density at radius 2 is 0.962 bits per heavy atom. The highest BCUT2D eigenvalue weighted by Crippen LogP contribution is 2.32. The van der Waals surface area contributed by atoms with Crippen molar-refractivity contribution < 1.29 is 0 Å². The first kappa shape index (κ1) is 19.5. The maximum absolute atomic E-state index is 5.99. The Kier molecular flexibility index (Phi) is 6.47. The Labute approximate surface area is 171 Å². The SMILES string of the molecule is ClC(Cl)(Cl)[CH]CC[Si](c1ccccc1)(c1ccccc1)c1ccccc1. The first-order chi connectivity index (χ1) is 12.5. The Morgan fingerprint density at radius 1 is 0.615 bits per heavy atom. The molecule has 0 saturated carbocycles. The Hall–Kier alpha value is -1.25. The number of rotatable bonds is 6. The molecule has 0 aromatic heterocycles. The molecule has 0 amide bonds. The van der Waals surface area contributed by atoms with Gasteiger partial charge in [-0.05, 0) is 28.0 Å². The maximum atomic E-state index is 5.99. The molecule has 0 aliphatic carbocycles. The van der Waals surface area contributed by atoms with Gasteiger partial charge in [-0.2, -0.15) is 0 Å². The molecule has 26 heavy (non-hydrogen) atoms. The zero-order valence-electron chi connectivity index (χ0n) is 14.3. The van der Waals surface area contributed by atoms with Gasteiger partial charge in [0.25, 0.3) is 0 Å². The van der Waals surface area contributed by atoms with Crippen molar-refractivity contribution in [3.63, 3.8) is 0 Å². The van der Waals surface area contributed by atoms with Gasteiger partial charge in [-0.15, -0.1) is 0 Å². The molecule has 0 fully saturated rings. The second kappa shape index (κ2) is 8.62. The monoisotopic (exact) mass is 417 g/mol. The van der Waals surface area contributed by atoms with Crippen molar-refractivity contribution in [3.8, 4) is 0 Å². The van der Waals surface area contributed by atoms with E-state index in [-0.39, 0.29) is 0 Å². The molecule has 133 valence electrons. The number of hydrogen-bond donors (Lipinski definition) is 0. The van der Waals surface area contributed by atoms with Crippen LogP contribution in [0.3, 0.4) is 0 Å². The average Bonchev–Trinajstić information content (AvgIpc) is 2.67. The van der Waals surface area contributed by atoms with Crippen molar-refractivity contribution >= 4 is 58.4 Å². The van der Waals surface area contributed by atoms with Gasteiger partial charge in [0, 0.05) is 6.42 Å². The summed E-state index contributed by atoms with van der Waals surface area (Å²) in [5.74, 6) is 0. The van der Waals surface area contributed by atoms with Gasteiger partial charge in [-0.25, -0.2) is 0 Å². The van der Waals surface area contributed by atoms with Crippen LogP contribution in [0.1, 0.15) is 6.42 Å². The van der Waals surface area contributed by atoms with Crippen molar-refractivity contribution in [3.05, 3.63) is 97.4 Å². The summed E-state index contributed by atoms with van der Waals surface area (Å²) < 4.78 is -1.33. The molecule has 0 aliphatic heterocycles. The number of benzene rings is 3. The molecule has 0 nitrogen and oxygen atoms in total. The first-order valence-corrected chi connectivity index (χ1v) is 11.9. The third-order valence-corrected chi connectivity index (χ3v) is 10.2. The van der Waals surface area contributed by atoms with Gasteiger partial charge in [0.05, 0.1) is 0 Å². The van der Waals surface area contributed by atoms with Crippen LogP contribution in [0.25, 0.3) is 0 Å². The first-order valence-electron chi connectivity index (χ1n) is 8.60. The smallest absolute Gasteiger partial charge is 0.0834 e. The van der Waals surface area contributed by atoms with Gasteiger partial charge < -0.3 is 0 Å². The lowest BCUT2D eigenvalue weighted by atomic mass is 10.3. The van der Waals surface area contributed by atoms with Crippen LogP contribution in [0.2, 0.25) is 6.04 Å². The van der Waals surface area contributed by atoms with Crippen LogP contribution in [0, 0.1) is 6.42 Å². The summed E-state index contributed by atoms with van der Waals surface area (Å²) in [4.78, 5) is 0. The van der Waals surface area contributed by atoms with Crippen molar-refractivity contribution in [2.24, 2.45) is 0 Å². The summed E-state index contributed by atoms with van der Waals surface area (Å²) in [5.41, 5.74) is 0. The fraction of sp³-hybridized carbons (Fsp3) is 0.136. The maximum Gasteiger partial charge on any atom is 0.193 e. The standard InChI is InChI=1S/C22H20Cl3Si/c23-22(24,25)17-10-18-26(19-11-4-1-5-12-19,20-13-6-2-7-14-20)21-15-8-3-9-16-21/h1-9,11-17H,10,18H2. The molecule has 0 spiro atoms. The molecule has 0 unspecified atom stereocenters. The van der Waals surface area contributed by atoms with E-state index in [0.717, 1.165) is 12.5 Å². The summed E-state index contributed by atoms with van der Waals surface area (Å²) in [6, 6.07) is 33.2. The normalized spacial score (nSPS) is 12.1. The lowest BCUT2D eigenvalue weighted by Gasteiger charge is -2.34. The van der Waals surface area contributed by atoms with Crippen molar-refractivity contribution in [1.29, 1.82) is 0 Å². The molecule has 3 rings (SSSR count). The molecule has 0 bridgehead atoms. The molecule has 4 heteroatoms. The predicted molar refractivity (Wildman–Crippen MR) is 118 cm³/mol. The third kappa shape index (κ3) is 4.53. The fourth-order valence-electron chi connectivity index (χ4n) is 3.55. The Morgan fingerprint density at radius 3 is 1.27 bits per heavy atom. The molecule has 0 atom stereocenters. The van der Waals surface area contributed by atoms with Crippen LogP contribution < -0.4 is 15.6 Å². The molecule has 3 aromatic rings. The summed E-state index contributed by atoms with van der Waals surface area (Å²) >= 11 is 18.0. The van der Waals surface area contributed by atoms with Gasteiger partial charge >= 0.3 is 0 Å². The van der Waals surface area contributed by atoms with Gasteiger partial charge in [0.1, 0.15) is 8.07 Å². The molecule has 0 N–H and O–H groups in total. The predicted octanol–water partition coefficient (Wildman–Crippen LogP) is 5.12. The molecular formula is C22H20Cl3Si. The van der Waals surface area contributed by atoms with Crippen molar-refractivity contribution in [2.45, 2.75) is 16.3 Å². The number of alkyl halides is 3. The topological polar surface area (TPSA) is 0 Å². The van der Waals surface area contributed by atoms with E-state index in [1.807, 2.05) is 0 Å². The zero-order valence-corrected chi connectivity index (χ0v) is 17.6. The molecule has 0 saturated heterocycles. The minimum absolute atomic E-state index is 0.738. The molecule has 3 aromatic carbocycles. The minimum atomic E-state index is -2.23. The van der Waals surface area contributed by atoms with Crippen LogP contribution in [0.4, 0.5) is 0 Å². The average molecular weight is 419 g/mol. The van der Waals surface area contributed by atoms with E-state index >= 15 is 0 Å². The summed E-state index contributed by atoms with van der Waals surface area (Å²) in [6.07, 6.45) is 2.52. The van der Waals surface area contributed by atoms with E-state index in [1.54, 1.807) is 6.42 Å². The highest BCUT2D eigenvalue weighted by atomic mass is 35.6. The van der Waals surface area contributed by atoms with Gasteiger partial charge in [-0.3, -0.25) is 0 Å². The molecule has 0 heterocycles. The fourth-order valence-corrected chi connectivity index (χ4v) is 8.61. The molecular weight excluding hydrogens is 399 g/mol. The van der Waals surface area contributed by atoms with Crippen molar-refractivity contribution in [1.82, 2.24) is 0 Å². The van der Waals surface area contributed by atoms with Crippen LogP contribution in [-0.4, -0.2) is 11.9 Å². The van der Waals surface area contributed by atoms with E-state index < -0.39 is 11.9 Å². The summed E-state index contributed by atoms with van der Waals surface area (Å²) in [5, 5.41) is 4.11. The highest BCUT2D eigenvalue weighted by molar-refractivity contribution is 7.11. The van der Waals surface area contributed by atoms with Crippen LogP contribution in [0.15, 0.2) is 91.0 Å². The van der Waals surface area contributed by atoms with Gasteiger partial charge in [-0.1, -0.05) is 126 Å². The minimum Gasteiger partial charge on any atom is -0.0834 e. The number of hydrogen-bond acceptors (Lipinski definition) is 0. The van der Waals surface area contributed by atoms with Gasteiger partial charge in [0.15, 0.2) is 3.79 Å². The number of halogens is 3. The Balaban J connectivity index is 2.15. The van der Waals surface area contributed by atoms with Crippen LogP contribution in [0.5, 0.6) is 0 Å². The van der Waals surface area contributed by atoms with E-state index in [2.05, 4.69) is 91.0 Å². The van der Waals surface area contributed by atoms with E-state index in [0.29, 0.717) is 0 Å². The highest BCUT2D eigenvalue weighted by Gasteiger charge is 2.39. The summed E-state index contributed by atoms with van der Waals surface area (Å²) in [7, 11) is -2.23. The van der Waals surface area contributed by atoms with E-state index in [4.69, 9.17) is 34.8 Å². The zero-order chi connectivity index (χ0) is 18.5. The quantitative estimate of drug-likeness (QED) is 0.296. The van der Waals surface area contributed by atoms with Gasteiger partial charge in [0.2, 0.25) is 0 Å². The Bertz CT molecular complexity index is 702. The summed E-state index contributed by atoms with van der Waals surface area (Å²) in [6.45, 7) is 0. The van der Waals surface area contributed by atoms with E-state index in [1.165, 1.54) is 15.6 Å². The second-order valence-electron chi connectivity index (χ2n) is 6.29. The lowest BCUT2D eigenvalue weighted by Crippen LogP contribution is -2.66. The van der Waals surface area contributed by atoms with Crippen LogP contribution >= 0.6 is 34.8 Å². The van der Waals surface area contributed by atoms with E-state index in [9.17, 15) is 0 Å².